The molecule has 0 saturated carbocycles. The highest BCUT2D eigenvalue weighted by atomic mass is 16.4. The van der Waals surface area contributed by atoms with Gasteiger partial charge >= 0.3 is 23.9 Å². The Kier molecular flexibility index (Phi) is 26.8. The summed E-state index contributed by atoms with van der Waals surface area (Å²) in [4.78, 5) is 152. The second-order valence-corrected chi connectivity index (χ2v) is 15.6. The Morgan fingerprint density at radius 3 is 1.42 bits per heavy atom. The second kappa shape index (κ2) is 29.8. The molecule has 9 atom stereocenters. The third-order valence-electron chi connectivity index (χ3n) is 9.57. The summed E-state index contributed by atoms with van der Waals surface area (Å²) in [5.41, 5.74) is 16.5. The van der Waals surface area contributed by atoms with E-state index in [9.17, 15) is 78.0 Å². The number of rotatable bonds is 33. The van der Waals surface area contributed by atoms with Crippen LogP contribution in [0.5, 0.6) is 0 Å². The fourth-order valence-corrected chi connectivity index (χ4v) is 5.84. The highest BCUT2D eigenvalue weighted by molar-refractivity contribution is 5.99. The van der Waals surface area contributed by atoms with Crippen molar-refractivity contribution in [3.8, 4) is 0 Å². The quantitative estimate of drug-likeness (QED) is 0.0273. The van der Waals surface area contributed by atoms with Gasteiger partial charge in [0.2, 0.25) is 47.3 Å². The van der Waals surface area contributed by atoms with Crippen LogP contribution in [0.25, 0.3) is 0 Å². The zero-order chi connectivity index (χ0) is 50.1. The molecule has 0 rings (SSSR count). The van der Waals surface area contributed by atoms with Crippen molar-refractivity contribution in [1.82, 2.24) is 37.2 Å². The molecule has 0 aromatic heterocycles. The van der Waals surface area contributed by atoms with Crippen molar-refractivity contribution in [2.45, 2.75) is 140 Å². The topological polar surface area (TPSA) is 468 Å². The van der Waals surface area contributed by atoms with Crippen molar-refractivity contribution in [2.75, 3.05) is 13.2 Å². The minimum Gasteiger partial charge on any atom is -0.481 e. The Morgan fingerprint density at radius 2 is 0.954 bits per heavy atom. The van der Waals surface area contributed by atoms with Crippen LogP contribution in [0, 0.1) is 11.8 Å². The third-order valence-corrected chi connectivity index (χ3v) is 9.57. The Bertz CT molecular complexity index is 1710. The monoisotopic (exact) mass is 932 g/mol. The van der Waals surface area contributed by atoms with Gasteiger partial charge in [-0.1, -0.05) is 34.1 Å². The molecule has 368 valence electrons. The van der Waals surface area contributed by atoms with Gasteiger partial charge in [-0.05, 0) is 50.5 Å². The molecule has 0 unspecified atom stereocenters. The van der Waals surface area contributed by atoms with Gasteiger partial charge in [0.25, 0.3) is 0 Å². The average Bonchev–Trinajstić information content (AvgIpc) is 3.20. The predicted molar refractivity (Wildman–Crippen MR) is 223 cm³/mol. The number of nitrogens with one attached hydrogen (secondary N) is 7. The van der Waals surface area contributed by atoms with Gasteiger partial charge in [-0.3, -0.25) is 52.7 Å². The maximum atomic E-state index is 13.9. The van der Waals surface area contributed by atoms with E-state index >= 15 is 0 Å². The Labute approximate surface area is 373 Å². The summed E-state index contributed by atoms with van der Waals surface area (Å²) in [5, 5.41) is 62.2. The van der Waals surface area contributed by atoms with E-state index in [1.54, 1.807) is 20.8 Å². The van der Waals surface area contributed by atoms with Crippen LogP contribution in [0.4, 0.5) is 0 Å². The molecule has 0 bridgehead atoms. The number of aliphatic hydroxyl groups excluding tert-OH is 1. The first-order valence-corrected chi connectivity index (χ1v) is 20.6. The molecule has 0 saturated heterocycles. The van der Waals surface area contributed by atoms with Gasteiger partial charge in [0.1, 0.15) is 48.3 Å². The number of unbranched alkanes of at least 4 members (excludes halogenated alkanes) is 1. The number of carboxylic acids is 4. The SMILES string of the molecule is CC[C@H](C)[C@H](NC(=O)[C@H](CCCCN)NC(=O)[C@H](CC(C)C)NC(=O)[C@@H](N)CO)C(=O)N[C@@H](CC(=O)O)C(=O)N[C@@H](CC(N)=O)C(=O)N[C@@H](CCC(=O)O)C(=O)N[C@@H](CC(=O)O)C(=O)O. The minimum atomic E-state index is -2.03. The molecular formula is C38H64N10O17. The normalized spacial score (nSPS) is 15.1. The summed E-state index contributed by atoms with van der Waals surface area (Å²) in [6.07, 6.45) is -3.76. The molecule has 0 aromatic rings. The maximum absolute atomic E-state index is 13.9. The molecule has 0 aliphatic carbocycles. The largest absolute Gasteiger partial charge is 0.481 e. The number of carbonyl (C=O) groups excluding carboxylic acids is 8. The van der Waals surface area contributed by atoms with Crippen LogP contribution in [0.3, 0.4) is 0 Å². The van der Waals surface area contributed by atoms with Gasteiger partial charge < -0.3 is 80.0 Å². The summed E-state index contributed by atoms with van der Waals surface area (Å²) >= 11 is 0. The van der Waals surface area contributed by atoms with Crippen molar-refractivity contribution in [1.29, 1.82) is 0 Å². The average molecular weight is 933 g/mol. The van der Waals surface area contributed by atoms with Gasteiger partial charge in [-0.25, -0.2) is 4.79 Å². The molecule has 0 fully saturated rings. The van der Waals surface area contributed by atoms with Gasteiger partial charge in [-0.2, -0.15) is 0 Å². The molecule has 65 heavy (non-hydrogen) atoms. The molecule has 8 amide bonds. The standard InChI is InChI=1S/C38H64N10O17/c1-5-18(4)30(48-33(59)20(8-6-7-11-39)42-34(60)22(12-17(2)3)44-31(57)19(40)16-49)37(63)46-24(14-28(53)54)36(62)45-23(13-26(41)50)35(61)43-21(9-10-27(51)52)32(58)47-25(38(64)65)15-29(55)56/h17-25,30,49H,5-16,39-40H2,1-4H3,(H2,41,50)(H,42,60)(H,43,61)(H,44,57)(H,45,62)(H,46,63)(H,47,58)(H,48,59)(H,51,52)(H,53,54)(H,55,56)(H,64,65)/t18-,19-,20-,21-,22-,23-,24-,25-,30-/m0/s1. The zero-order valence-electron chi connectivity index (χ0n) is 36.6. The summed E-state index contributed by atoms with van der Waals surface area (Å²) < 4.78 is 0. The number of hydrogen-bond donors (Lipinski definition) is 15. The van der Waals surface area contributed by atoms with E-state index in [1.807, 2.05) is 16.0 Å². The van der Waals surface area contributed by atoms with Crippen LogP contribution in [0.2, 0.25) is 0 Å². The van der Waals surface area contributed by atoms with Crippen molar-refractivity contribution < 1.29 is 83.1 Å². The lowest BCUT2D eigenvalue weighted by atomic mass is 9.96. The lowest BCUT2D eigenvalue weighted by Crippen LogP contribution is -2.61. The van der Waals surface area contributed by atoms with E-state index in [0.29, 0.717) is 12.8 Å². The number of hydrogen-bond acceptors (Lipinski definition) is 15. The Morgan fingerprint density at radius 1 is 0.523 bits per heavy atom. The van der Waals surface area contributed by atoms with Gasteiger partial charge in [-0.15, -0.1) is 0 Å². The highest BCUT2D eigenvalue weighted by Crippen LogP contribution is 2.13. The number of amides is 8. The van der Waals surface area contributed by atoms with Crippen LogP contribution >= 0.6 is 0 Å². The zero-order valence-corrected chi connectivity index (χ0v) is 36.6. The van der Waals surface area contributed by atoms with Crippen LogP contribution in [0.15, 0.2) is 0 Å². The molecule has 0 radical (unpaired) electrons. The lowest BCUT2D eigenvalue weighted by Gasteiger charge is -2.29. The van der Waals surface area contributed by atoms with E-state index in [0.717, 1.165) is 0 Å². The highest BCUT2D eigenvalue weighted by Gasteiger charge is 2.37. The summed E-state index contributed by atoms with van der Waals surface area (Å²) in [5.74, 6) is -16.5. The first-order chi connectivity index (χ1) is 30.3. The number of nitrogens with two attached hydrogens (primary N) is 3. The number of carbonyl (C=O) groups is 12. The number of carboxylic acid groups (broad SMARTS) is 4. The first kappa shape index (κ1) is 58.5. The first-order valence-electron chi connectivity index (χ1n) is 20.6. The Balaban J connectivity index is 6.64. The second-order valence-electron chi connectivity index (χ2n) is 15.6. The summed E-state index contributed by atoms with van der Waals surface area (Å²) in [6.45, 7) is 6.21. The molecule has 27 nitrogen and oxygen atoms in total. The molecule has 0 aliphatic rings. The predicted octanol–water partition coefficient (Wildman–Crippen LogP) is -5.31. The van der Waals surface area contributed by atoms with Crippen LogP contribution in [-0.4, -0.2) is 158 Å². The Hall–Kier alpha value is -6.48. The van der Waals surface area contributed by atoms with Gasteiger partial charge in [0, 0.05) is 6.42 Å². The van der Waals surface area contributed by atoms with E-state index in [4.69, 9.17) is 22.3 Å². The fraction of sp³-hybridized carbons (Fsp3) is 0.684. The summed E-state index contributed by atoms with van der Waals surface area (Å²) in [7, 11) is 0. The van der Waals surface area contributed by atoms with E-state index in [2.05, 4.69) is 21.3 Å². The third kappa shape index (κ3) is 23.1. The number of aliphatic hydroxyl groups is 1. The molecule has 0 aromatic carbocycles. The van der Waals surface area contributed by atoms with E-state index in [-0.39, 0.29) is 31.7 Å². The lowest BCUT2D eigenvalue weighted by molar-refractivity contribution is -0.147. The van der Waals surface area contributed by atoms with Crippen molar-refractivity contribution >= 4 is 71.1 Å². The number of aliphatic carboxylic acids is 4. The summed E-state index contributed by atoms with van der Waals surface area (Å²) in [6, 6.07) is -13.4. The maximum Gasteiger partial charge on any atom is 0.326 e. The van der Waals surface area contributed by atoms with Crippen LogP contribution in [0.1, 0.15) is 91.9 Å². The van der Waals surface area contributed by atoms with E-state index < -0.39 is 164 Å². The van der Waals surface area contributed by atoms with Crippen LogP contribution in [-0.2, 0) is 57.5 Å². The van der Waals surface area contributed by atoms with E-state index in [1.165, 1.54) is 6.92 Å². The van der Waals surface area contributed by atoms with Crippen molar-refractivity contribution in [3.63, 3.8) is 0 Å². The van der Waals surface area contributed by atoms with Crippen molar-refractivity contribution in [3.05, 3.63) is 0 Å². The van der Waals surface area contributed by atoms with Crippen molar-refractivity contribution in [2.24, 2.45) is 29.0 Å². The molecule has 0 aliphatic heterocycles. The fourth-order valence-electron chi connectivity index (χ4n) is 5.84. The number of primary amides is 1. The molecule has 0 heterocycles. The van der Waals surface area contributed by atoms with Crippen LogP contribution < -0.4 is 54.4 Å². The molecule has 27 heteroatoms. The van der Waals surface area contributed by atoms with Gasteiger partial charge in [0.05, 0.1) is 25.9 Å². The minimum absolute atomic E-state index is 0.00320. The smallest absolute Gasteiger partial charge is 0.326 e. The molecule has 18 N–H and O–H groups in total. The molecular weight excluding hydrogens is 868 g/mol. The van der Waals surface area contributed by atoms with Gasteiger partial charge in [0.15, 0.2) is 0 Å². The molecule has 0 spiro atoms.